The Hall–Kier alpha value is -1.83. The number of alkyl halides is 3. The van der Waals surface area contributed by atoms with Gasteiger partial charge in [0.2, 0.25) is 0 Å². The van der Waals surface area contributed by atoms with Crippen LogP contribution in [0, 0.1) is 6.92 Å². The fourth-order valence-electron chi connectivity index (χ4n) is 1.35. The van der Waals surface area contributed by atoms with E-state index in [1.165, 1.54) is 18.3 Å². The molecule has 0 saturated carbocycles. The monoisotopic (exact) mass is 286 g/mol. The summed E-state index contributed by atoms with van der Waals surface area (Å²) in [5.41, 5.74) is 5.28. The number of hydrogen-bond donors (Lipinski definition) is 1. The minimum Gasteiger partial charge on any atom is -0.381 e. The van der Waals surface area contributed by atoms with Gasteiger partial charge in [0.05, 0.1) is 5.69 Å². The zero-order chi connectivity index (χ0) is 14.0. The van der Waals surface area contributed by atoms with E-state index in [0.29, 0.717) is 5.69 Å². The van der Waals surface area contributed by atoms with Crippen molar-refractivity contribution in [2.75, 3.05) is 5.73 Å². The highest BCUT2D eigenvalue weighted by molar-refractivity contribution is 7.99. The molecule has 2 heterocycles. The van der Waals surface area contributed by atoms with Crippen molar-refractivity contribution in [1.29, 1.82) is 0 Å². The van der Waals surface area contributed by atoms with Crippen LogP contribution in [-0.4, -0.2) is 15.0 Å². The van der Waals surface area contributed by atoms with Crippen LogP contribution in [0.5, 0.6) is 0 Å². The van der Waals surface area contributed by atoms with Crippen molar-refractivity contribution in [3.8, 4) is 0 Å². The van der Waals surface area contributed by atoms with Crippen molar-refractivity contribution < 1.29 is 13.2 Å². The van der Waals surface area contributed by atoms with Gasteiger partial charge in [0, 0.05) is 17.3 Å². The minimum absolute atomic E-state index is 0.0557. The number of nitrogen functional groups attached to an aromatic ring is 1. The lowest BCUT2D eigenvalue weighted by molar-refractivity contribution is -0.143. The molecule has 2 aromatic heterocycles. The van der Waals surface area contributed by atoms with Gasteiger partial charge in [-0.2, -0.15) is 13.2 Å². The molecule has 0 unspecified atom stereocenters. The predicted molar refractivity (Wildman–Crippen MR) is 64.5 cm³/mol. The second kappa shape index (κ2) is 5.04. The summed E-state index contributed by atoms with van der Waals surface area (Å²) in [6, 6.07) is 2.75. The molecule has 2 aromatic rings. The molecule has 2 N–H and O–H groups in total. The van der Waals surface area contributed by atoms with Crippen LogP contribution in [0.15, 0.2) is 34.4 Å². The van der Waals surface area contributed by atoms with Crippen LogP contribution >= 0.6 is 11.8 Å². The van der Waals surface area contributed by atoms with E-state index in [1.54, 1.807) is 6.92 Å². The molecule has 0 aromatic carbocycles. The molecular formula is C11H9F3N4S. The van der Waals surface area contributed by atoms with Crippen molar-refractivity contribution in [1.82, 2.24) is 15.0 Å². The second-order valence-electron chi connectivity index (χ2n) is 3.65. The van der Waals surface area contributed by atoms with Gasteiger partial charge in [-0.3, -0.25) is 4.98 Å². The average molecular weight is 286 g/mol. The number of rotatable bonds is 2. The Balaban J connectivity index is 2.39. The molecule has 0 aliphatic rings. The SMILES string of the molecule is Cc1cnc(Sc2cccnc2C(F)(F)F)c(N)n1. The van der Waals surface area contributed by atoms with E-state index in [0.717, 1.165) is 18.0 Å². The van der Waals surface area contributed by atoms with E-state index < -0.39 is 11.9 Å². The van der Waals surface area contributed by atoms with Gasteiger partial charge in [0.15, 0.2) is 11.5 Å². The molecule has 0 amide bonds. The van der Waals surface area contributed by atoms with Crippen LogP contribution in [0.2, 0.25) is 0 Å². The summed E-state index contributed by atoms with van der Waals surface area (Å²) in [6.45, 7) is 1.70. The highest BCUT2D eigenvalue weighted by Gasteiger charge is 2.35. The first kappa shape index (κ1) is 13.6. The van der Waals surface area contributed by atoms with Gasteiger partial charge in [-0.25, -0.2) is 9.97 Å². The molecule has 19 heavy (non-hydrogen) atoms. The van der Waals surface area contributed by atoms with Crippen LogP contribution in [0.1, 0.15) is 11.4 Å². The molecule has 0 bridgehead atoms. The molecular weight excluding hydrogens is 277 g/mol. The maximum atomic E-state index is 12.8. The van der Waals surface area contributed by atoms with Gasteiger partial charge >= 0.3 is 6.18 Å². The third-order valence-corrected chi connectivity index (χ3v) is 3.19. The molecule has 0 aliphatic carbocycles. The first-order valence-corrected chi connectivity index (χ1v) is 5.99. The fraction of sp³-hybridized carbons (Fsp3) is 0.182. The topological polar surface area (TPSA) is 64.7 Å². The Morgan fingerprint density at radius 1 is 1.26 bits per heavy atom. The predicted octanol–water partition coefficient (Wildman–Crippen LogP) is 2.93. The van der Waals surface area contributed by atoms with Crippen molar-refractivity contribution in [2.24, 2.45) is 0 Å². The average Bonchev–Trinajstić information content (AvgIpc) is 2.32. The smallest absolute Gasteiger partial charge is 0.381 e. The lowest BCUT2D eigenvalue weighted by atomic mass is 10.3. The van der Waals surface area contributed by atoms with Crippen LogP contribution in [0.25, 0.3) is 0 Å². The summed E-state index contributed by atoms with van der Waals surface area (Å²) < 4.78 is 38.3. The van der Waals surface area contributed by atoms with Crippen LogP contribution < -0.4 is 5.73 Å². The molecule has 0 aliphatic heterocycles. The molecule has 8 heteroatoms. The van der Waals surface area contributed by atoms with Crippen molar-refractivity contribution in [3.63, 3.8) is 0 Å². The van der Waals surface area contributed by atoms with Crippen molar-refractivity contribution in [3.05, 3.63) is 35.9 Å². The van der Waals surface area contributed by atoms with Crippen LogP contribution in [0.3, 0.4) is 0 Å². The van der Waals surface area contributed by atoms with E-state index in [2.05, 4.69) is 15.0 Å². The van der Waals surface area contributed by atoms with E-state index in [-0.39, 0.29) is 15.7 Å². The molecule has 4 nitrogen and oxygen atoms in total. The maximum absolute atomic E-state index is 12.8. The first-order chi connectivity index (χ1) is 8.88. The Morgan fingerprint density at radius 2 is 2.00 bits per heavy atom. The Bertz CT molecular complexity index is 601. The lowest BCUT2D eigenvalue weighted by Crippen LogP contribution is -2.09. The number of aromatic nitrogens is 3. The molecule has 0 saturated heterocycles. The standard InChI is InChI=1S/C11H9F3N4S/c1-6-5-17-10(9(15)18-6)19-7-3-2-4-16-8(7)11(12,13)14/h2-5H,1H3,(H2,15,18). The number of nitrogens with two attached hydrogens (primary N) is 1. The van der Waals surface area contributed by atoms with Gasteiger partial charge < -0.3 is 5.73 Å². The fourth-order valence-corrected chi connectivity index (χ4v) is 2.23. The summed E-state index contributed by atoms with van der Waals surface area (Å²) in [5.74, 6) is 0.0991. The minimum atomic E-state index is -4.52. The van der Waals surface area contributed by atoms with Gasteiger partial charge in [-0.05, 0) is 19.1 Å². The molecule has 0 spiro atoms. The van der Waals surface area contributed by atoms with Gasteiger partial charge in [-0.15, -0.1) is 0 Å². The number of aryl methyl sites for hydroxylation is 1. The zero-order valence-corrected chi connectivity index (χ0v) is 10.6. The number of anilines is 1. The quantitative estimate of drug-likeness (QED) is 0.919. The highest BCUT2D eigenvalue weighted by Crippen LogP contribution is 2.38. The molecule has 100 valence electrons. The molecule has 0 radical (unpaired) electrons. The molecule has 0 atom stereocenters. The Labute approximate surface area is 111 Å². The van der Waals surface area contributed by atoms with E-state index in [9.17, 15) is 13.2 Å². The summed E-state index contributed by atoms with van der Waals surface area (Å²) in [5, 5.41) is 0.226. The van der Waals surface area contributed by atoms with Crippen LogP contribution in [0.4, 0.5) is 19.0 Å². The number of nitrogens with zero attached hydrogens (tertiary/aromatic N) is 3. The van der Waals surface area contributed by atoms with Crippen LogP contribution in [-0.2, 0) is 6.18 Å². The summed E-state index contributed by atoms with van der Waals surface area (Å²) in [6.07, 6.45) is -1.98. The van der Waals surface area contributed by atoms with E-state index >= 15 is 0 Å². The molecule has 0 fully saturated rings. The lowest BCUT2D eigenvalue weighted by Gasteiger charge is -2.11. The normalized spacial score (nSPS) is 11.6. The van der Waals surface area contributed by atoms with Crippen molar-refractivity contribution in [2.45, 2.75) is 23.0 Å². The number of pyridine rings is 1. The maximum Gasteiger partial charge on any atom is 0.434 e. The van der Waals surface area contributed by atoms with E-state index in [1.807, 2.05) is 0 Å². The first-order valence-electron chi connectivity index (χ1n) is 5.17. The Morgan fingerprint density at radius 3 is 2.63 bits per heavy atom. The number of halogens is 3. The Kier molecular flexibility index (Phi) is 3.61. The summed E-state index contributed by atoms with van der Waals surface area (Å²) in [4.78, 5) is 11.2. The van der Waals surface area contributed by atoms with Gasteiger partial charge in [0.25, 0.3) is 0 Å². The second-order valence-corrected chi connectivity index (χ2v) is 4.68. The highest BCUT2D eigenvalue weighted by atomic mass is 32.2. The third kappa shape index (κ3) is 3.14. The van der Waals surface area contributed by atoms with Gasteiger partial charge in [-0.1, -0.05) is 11.8 Å². The largest absolute Gasteiger partial charge is 0.434 e. The van der Waals surface area contributed by atoms with E-state index in [4.69, 9.17) is 5.73 Å². The summed E-state index contributed by atoms with van der Waals surface area (Å²) in [7, 11) is 0. The zero-order valence-electron chi connectivity index (χ0n) is 9.77. The van der Waals surface area contributed by atoms with Gasteiger partial charge in [0.1, 0.15) is 5.03 Å². The summed E-state index contributed by atoms with van der Waals surface area (Å²) >= 11 is 0.795. The van der Waals surface area contributed by atoms with Crippen molar-refractivity contribution >= 4 is 17.6 Å². The molecule has 2 rings (SSSR count). The number of hydrogen-bond acceptors (Lipinski definition) is 5. The third-order valence-electron chi connectivity index (χ3n) is 2.13.